The molecule has 3 heterocycles. The summed E-state index contributed by atoms with van der Waals surface area (Å²) in [5, 5.41) is 98.8. The third-order valence-corrected chi connectivity index (χ3v) is 13.9. The minimum Gasteiger partial charge on any atom is -0.458 e. The maximum absolute atomic E-state index is 12.5. The summed E-state index contributed by atoms with van der Waals surface area (Å²) >= 11 is 0. The van der Waals surface area contributed by atoms with E-state index in [-0.39, 0.29) is 37.4 Å². The van der Waals surface area contributed by atoms with Gasteiger partial charge >= 0.3 is 5.97 Å². The summed E-state index contributed by atoms with van der Waals surface area (Å²) in [4.78, 5) is 11.9. The molecule has 7 aliphatic rings. The summed E-state index contributed by atoms with van der Waals surface area (Å²) in [7, 11) is 0. The number of aliphatic hydroxyl groups is 9. The molecule has 4 aliphatic carbocycles. The molecule has 49 heavy (non-hydrogen) atoms. The van der Waals surface area contributed by atoms with E-state index < -0.39 is 102 Å². The summed E-state index contributed by atoms with van der Waals surface area (Å²) < 4.78 is 28.1. The number of carbonyl (C=O) groups is 1. The van der Waals surface area contributed by atoms with E-state index in [2.05, 4.69) is 0 Å². The Balaban J connectivity index is 1.03. The maximum Gasteiger partial charge on any atom is 0.331 e. The van der Waals surface area contributed by atoms with Crippen LogP contribution in [-0.2, 0) is 28.5 Å². The van der Waals surface area contributed by atoms with Crippen LogP contribution >= 0.6 is 0 Å². The van der Waals surface area contributed by atoms with Gasteiger partial charge in [0.25, 0.3) is 0 Å². The number of hydrogen-bond donors (Lipinski definition) is 9. The maximum atomic E-state index is 12.5. The van der Waals surface area contributed by atoms with Gasteiger partial charge in [-0.25, -0.2) is 4.79 Å². The van der Waals surface area contributed by atoms with Crippen molar-refractivity contribution in [3.63, 3.8) is 0 Å². The molecule has 18 atom stereocenters. The first-order valence-corrected chi connectivity index (χ1v) is 17.7. The van der Waals surface area contributed by atoms with E-state index in [4.69, 9.17) is 23.7 Å². The lowest BCUT2D eigenvalue weighted by Gasteiger charge is -2.67. The van der Waals surface area contributed by atoms with Crippen molar-refractivity contribution < 1.29 is 74.4 Å². The molecule has 0 radical (unpaired) electrons. The van der Waals surface area contributed by atoms with Crippen molar-refractivity contribution in [2.24, 2.45) is 28.6 Å². The quantitative estimate of drug-likeness (QED) is 0.107. The van der Waals surface area contributed by atoms with Gasteiger partial charge in [0.1, 0.15) is 49.3 Å². The Morgan fingerprint density at radius 2 is 1.57 bits per heavy atom. The lowest BCUT2D eigenvalue weighted by molar-refractivity contribution is -0.358. The van der Waals surface area contributed by atoms with Gasteiger partial charge in [-0.15, -0.1) is 0 Å². The lowest BCUT2D eigenvalue weighted by Crippen LogP contribution is -2.71. The summed E-state index contributed by atoms with van der Waals surface area (Å²) in [6.45, 7) is 3.19. The number of rotatable bonds is 6. The third-order valence-electron chi connectivity index (χ3n) is 13.9. The molecule has 0 unspecified atom stereocenters. The molecule has 0 aromatic rings. The zero-order chi connectivity index (χ0) is 35.3. The van der Waals surface area contributed by atoms with Crippen molar-refractivity contribution >= 4 is 5.97 Å². The molecule has 0 aromatic carbocycles. The van der Waals surface area contributed by atoms with Crippen molar-refractivity contribution in [2.45, 2.75) is 144 Å². The van der Waals surface area contributed by atoms with E-state index in [1.54, 1.807) is 0 Å². The molecule has 278 valence electrons. The van der Waals surface area contributed by atoms with Crippen molar-refractivity contribution in [1.29, 1.82) is 0 Å². The fourth-order valence-electron chi connectivity index (χ4n) is 11.2. The Hall–Kier alpha value is -1.31. The predicted octanol–water partition coefficient (Wildman–Crippen LogP) is -2.02. The van der Waals surface area contributed by atoms with Gasteiger partial charge in [0.2, 0.25) is 0 Å². The van der Waals surface area contributed by atoms with Gasteiger partial charge in [-0.2, -0.15) is 0 Å². The van der Waals surface area contributed by atoms with E-state index in [1.807, 2.05) is 13.8 Å². The highest BCUT2D eigenvalue weighted by molar-refractivity contribution is 5.85. The van der Waals surface area contributed by atoms with Gasteiger partial charge in [0.05, 0.1) is 36.6 Å². The molecule has 0 spiro atoms. The lowest BCUT2D eigenvalue weighted by atomic mass is 9.41. The first-order valence-electron chi connectivity index (χ1n) is 17.7. The first-order chi connectivity index (χ1) is 23.1. The molecule has 2 saturated heterocycles. The van der Waals surface area contributed by atoms with Crippen LogP contribution in [0.1, 0.15) is 65.2 Å². The Morgan fingerprint density at radius 1 is 0.837 bits per heavy atom. The number of cyclic esters (lactones) is 1. The van der Waals surface area contributed by atoms with Gasteiger partial charge < -0.3 is 69.6 Å². The number of esters is 1. The molecule has 9 N–H and O–H groups in total. The average Bonchev–Trinajstić information content (AvgIpc) is 3.60. The predicted molar refractivity (Wildman–Crippen MR) is 164 cm³/mol. The average molecular weight is 701 g/mol. The van der Waals surface area contributed by atoms with Gasteiger partial charge in [0, 0.05) is 23.3 Å². The Kier molecular flexibility index (Phi) is 9.33. The largest absolute Gasteiger partial charge is 0.458 e. The van der Waals surface area contributed by atoms with Crippen molar-refractivity contribution in [3.05, 3.63) is 11.6 Å². The zero-order valence-electron chi connectivity index (χ0n) is 27.9. The second-order valence-electron chi connectivity index (χ2n) is 16.2. The van der Waals surface area contributed by atoms with Crippen LogP contribution in [0, 0.1) is 28.6 Å². The van der Waals surface area contributed by atoms with E-state index in [0.717, 1.165) is 5.57 Å². The number of fused-ring (bicyclic) bond motifs is 5. The molecule has 0 amide bonds. The fraction of sp³-hybridized carbons (Fsp3) is 0.912. The van der Waals surface area contributed by atoms with E-state index in [0.29, 0.717) is 44.9 Å². The second-order valence-corrected chi connectivity index (χ2v) is 16.2. The SMILES string of the molecule is C[C@]12CC[C@H](O[C@@H]3O[C@H](CO)[C@@H](O[C@@H]4OC[C@@H](O)[C@H](O)[C@H]4O)[C@@H](O)[C@H]3O)C[C@@]1(O)CC[C@@H]1[C@H]2[C@H](O)C[C@]2(C)[C@@H](C3=CC(=O)OC3)CC[C@]12O. The van der Waals surface area contributed by atoms with E-state index >= 15 is 0 Å². The Bertz CT molecular complexity index is 1300. The van der Waals surface area contributed by atoms with Crippen LogP contribution in [0.4, 0.5) is 0 Å². The van der Waals surface area contributed by atoms with Gasteiger partial charge in [-0.3, -0.25) is 0 Å². The molecule has 6 fully saturated rings. The van der Waals surface area contributed by atoms with Gasteiger partial charge in [-0.05, 0) is 68.3 Å². The summed E-state index contributed by atoms with van der Waals surface area (Å²) in [5.41, 5.74) is -2.96. The summed E-state index contributed by atoms with van der Waals surface area (Å²) in [5.74, 6) is -1.15. The minimum atomic E-state index is -1.66. The van der Waals surface area contributed by atoms with Crippen molar-refractivity contribution in [2.75, 3.05) is 19.8 Å². The number of carbonyl (C=O) groups excluding carboxylic acids is 1. The second kappa shape index (κ2) is 12.7. The molecular formula is C34H52O15. The number of aliphatic hydroxyl groups excluding tert-OH is 7. The third kappa shape index (κ3) is 5.46. The van der Waals surface area contributed by atoms with Crippen LogP contribution in [0.15, 0.2) is 11.6 Å². The molecule has 3 aliphatic heterocycles. The van der Waals surface area contributed by atoms with Crippen molar-refractivity contribution in [1.82, 2.24) is 0 Å². The molecule has 15 heteroatoms. The Labute approximate surface area is 284 Å². The van der Waals surface area contributed by atoms with Crippen LogP contribution in [0.5, 0.6) is 0 Å². The van der Waals surface area contributed by atoms with E-state index in [1.165, 1.54) is 6.08 Å². The molecule has 0 bridgehead atoms. The minimum absolute atomic E-state index is 0.0953. The normalized spacial score (nSPS) is 56.0. The highest BCUT2D eigenvalue weighted by Gasteiger charge is 2.72. The van der Waals surface area contributed by atoms with Gasteiger partial charge in [0.15, 0.2) is 12.6 Å². The molecule has 0 aromatic heterocycles. The summed E-state index contributed by atoms with van der Waals surface area (Å²) in [6, 6.07) is 0. The molecular weight excluding hydrogens is 648 g/mol. The van der Waals surface area contributed by atoms with Crippen LogP contribution in [0.3, 0.4) is 0 Å². The Morgan fingerprint density at radius 3 is 2.27 bits per heavy atom. The number of ether oxygens (including phenoxy) is 5. The topological polar surface area (TPSA) is 245 Å². The van der Waals surface area contributed by atoms with Crippen LogP contribution in [-0.4, -0.2) is 150 Å². The van der Waals surface area contributed by atoms with Crippen LogP contribution < -0.4 is 0 Å². The highest BCUT2D eigenvalue weighted by Crippen LogP contribution is 2.70. The summed E-state index contributed by atoms with van der Waals surface area (Å²) in [6.07, 6.45) is -9.88. The molecule has 4 saturated carbocycles. The standard InChI is InChI=1S/C34H52O15/c1-31-6-3-16(47-30-27(42)25(40)28(21(12-35)48-30)49-29-26(41)24(39)20(37)14-46-29)10-33(31,43)7-4-18-23(31)19(36)11-32(2)17(5-8-34(18,32)44)15-9-22(38)45-13-15/h9,16-21,23-30,35-37,39-44H,3-8,10-14H2,1-2H3/t16-,17+,18+,19+,20+,21+,23-,24-,25-,26+,27+,28+,29-,30+,31+,32+,33-,34-/m0/s1. The molecule has 15 nitrogen and oxygen atoms in total. The van der Waals surface area contributed by atoms with Gasteiger partial charge in [-0.1, -0.05) is 13.8 Å². The fourth-order valence-corrected chi connectivity index (χ4v) is 11.2. The smallest absolute Gasteiger partial charge is 0.331 e. The first kappa shape index (κ1) is 36.1. The molecule has 7 rings (SSSR count). The van der Waals surface area contributed by atoms with E-state index in [9.17, 15) is 50.8 Å². The monoisotopic (exact) mass is 700 g/mol. The number of hydrogen-bond acceptors (Lipinski definition) is 15. The van der Waals surface area contributed by atoms with Crippen molar-refractivity contribution in [3.8, 4) is 0 Å². The van der Waals surface area contributed by atoms with Crippen LogP contribution in [0.2, 0.25) is 0 Å². The van der Waals surface area contributed by atoms with Crippen LogP contribution in [0.25, 0.3) is 0 Å². The highest BCUT2D eigenvalue weighted by atomic mass is 16.7. The zero-order valence-corrected chi connectivity index (χ0v) is 27.9.